The van der Waals surface area contributed by atoms with Gasteiger partial charge in [0.2, 0.25) is 0 Å². The van der Waals surface area contributed by atoms with Crippen LogP contribution in [0.2, 0.25) is 0 Å². The van der Waals surface area contributed by atoms with Crippen molar-refractivity contribution in [1.29, 1.82) is 0 Å². The highest BCUT2D eigenvalue weighted by molar-refractivity contribution is 9.11. The van der Waals surface area contributed by atoms with Crippen LogP contribution in [0.3, 0.4) is 0 Å². The number of nitrogens with zero attached hydrogens (tertiary/aromatic N) is 1. The summed E-state index contributed by atoms with van der Waals surface area (Å²) in [5.74, 6) is -0.336. The molecular formula is C25H18BrNO2S. The first-order valence-electron chi connectivity index (χ1n) is 9.44. The first-order valence-corrected chi connectivity index (χ1v) is 11.0. The van der Waals surface area contributed by atoms with E-state index in [1.165, 1.54) is 11.3 Å². The molecule has 0 aliphatic carbocycles. The van der Waals surface area contributed by atoms with Gasteiger partial charge in [0.05, 0.1) is 15.1 Å². The van der Waals surface area contributed by atoms with Gasteiger partial charge in [0, 0.05) is 22.6 Å². The van der Waals surface area contributed by atoms with Gasteiger partial charge in [-0.2, -0.15) is 0 Å². The summed E-state index contributed by atoms with van der Waals surface area (Å²) in [6.45, 7) is 0. The number of halogens is 1. The molecule has 0 saturated carbocycles. The van der Waals surface area contributed by atoms with Gasteiger partial charge in [0.25, 0.3) is 0 Å². The van der Waals surface area contributed by atoms with E-state index in [2.05, 4.69) is 20.8 Å². The topological polar surface area (TPSA) is 37.4 Å². The molecule has 30 heavy (non-hydrogen) atoms. The largest absolute Gasteiger partial charge is 0.311 e. The molecule has 4 rings (SSSR count). The molecule has 0 radical (unpaired) electrons. The molecule has 0 saturated heterocycles. The van der Waals surface area contributed by atoms with Gasteiger partial charge in [-0.25, -0.2) is 0 Å². The zero-order valence-electron chi connectivity index (χ0n) is 16.0. The highest BCUT2D eigenvalue weighted by Gasteiger charge is 2.17. The van der Waals surface area contributed by atoms with E-state index in [-0.39, 0.29) is 18.0 Å². The molecule has 1 aromatic heterocycles. The van der Waals surface area contributed by atoms with E-state index in [1.54, 1.807) is 18.2 Å². The molecule has 0 spiro atoms. The number of para-hydroxylation sites is 2. The van der Waals surface area contributed by atoms with Crippen molar-refractivity contribution in [3.8, 4) is 0 Å². The number of Topliss-reactive ketones (excluding diaryl/α,β-unsaturated/α-hetero) is 2. The fraction of sp³-hybridized carbons (Fsp3) is 0.0400. The van der Waals surface area contributed by atoms with E-state index >= 15 is 0 Å². The average molecular weight is 476 g/mol. The van der Waals surface area contributed by atoms with Gasteiger partial charge in [0.15, 0.2) is 11.6 Å². The molecule has 0 amide bonds. The van der Waals surface area contributed by atoms with E-state index in [4.69, 9.17) is 0 Å². The molecule has 148 valence electrons. The van der Waals surface area contributed by atoms with E-state index in [0.29, 0.717) is 10.4 Å². The third-order valence-electron chi connectivity index (χ3n) is 4.65. The lowest BCUT2D eigenvalue weighted by atomic mass is 10.0. The van der Waals surface area contributed by atoms with Crippen molar-refractivity contribution in [2.75, 3.05) is 4.90 Å². The molecular weight excluding hydrogens is 458 g/mol. The van der Waals surface area contributed by atoms with Gasteiger partial charge in [-0.05, 0) is 76.6 Å². The Bertz CT molecular complexity index is 1120. The maximum atomic E-state index is 12.6. The summed E-state index contributed by atoms with van der Waals surface area (Å²) >= 11 is 4.69. The lowest BCUT2D eigenvalue weighted by molar-refractivity contribution is 0.0896. The third-order valence-corrected chi connectivity index (χ3v) is 6.31. The number of ketones is 2. The van der Waals surface area contributed by atoms with Gasteiger partial charge < -0.3 is 4.90 Å². The van der Waals surface area contributed by atoms with Crippen LogP contribution in [-0.4, -0.2) is 11.6 Å². The normalized spacial score (nSPS) is 10.6. The van der Waals surface area contributed by atoms with Gasteiger partial charge in [0.1, 0.15) is 0 Å². The number of hydrogen-bond donors (Lipinski definition) is 0. The smallest absolute Gasteiger partial charge is 0.180 e. The van der Waals surface area contributed by atoms with E-state index < -0.39 is 0 Å². The molecule has 0 aliphatic rings. The van der Waals surface area contributed by atoms with Crippen molar-refractivity contribution in [2.45, 2.75) is 6.42 Å². The van der Waals surface area contributed by atoms with E-state index in [9.17, 15) is 9.59 Å². The fourth-order valence-corrected chi connectivity index (χ4v) is 4.52. The van der Waals surface area contributed by atoms with Gasteiger partial charge in [-0.15, -0.1) is 11.3 Å². The van der Waals surface area contributed by atoms with Gasteiger partial charge in [-0.3, -0.25) is 9.59 Å². The lowest BCUT2D eigenvalue weighted by Crippen LogP contribution is -2.11. The van der Waals surface area contributed by atoms with Crippen molar-refractivity contribution in [3.63, 3.8) is 0 Å². The summed E-state index contributed by atoms with van der Waals surface area (Å²) in [4.78, 5) is 27.7. The molecule has 5 heteroatoms. The molecule has 0 N–H and O–H groups in total. The number of rotatable bonds is 7. The highest BCUT2D eigenvalue weighted by Crippen LogP contribution is 2.34. The monoisotopic (exact) mass is 475 g/mol. The zero-order chi connectivity index (χ0) is 20.9. The Morgan fingerprint density at radius 1 is 0.667 bits per heavy atom. The summed E-state index contributed by atoms with van der Waals surface area (Å²) in [6, 6.07) is 31.1. The summed E-state index contributed by atoms with van der Waals surface area (Å²) < 4.78 is 0.879. The van der Waals surface area contributed by atoms with Crippen LogP contribution in [0, 0.1) is 0 Å². The van der Waals surface area contributed by atoms with E-state index in [0.717, 1.165) is 20.8 Å². The zero-order valence-corrected chi connectivity index (χ0v) is 18.4. The third kappa shape index (κ3) is 4.58. The Hall–Kier alpha value is -3.02. The summed E-state index contributed by atoms with van der Waals surface area (Å²) in [6.07, 6.45) is -0.132. The van der Waals surface area contributed by atoms with Crippen molar-refractivity contribution in [1.82, 2.24) is 0 Å². The molecule has 4 aromatic rings. The Kier molecular flexibility index (Phi) is 6.21. The predicted molar refractivity (Wildman–Crippen MR) is 126 cm³/mol. The van der Waals surface area contributed by atoms with Crippen LogP contribution in [0.5, 0.6) is 0 Å². The van der Waals surface area contributed by atoms with Crippen LogP contribution in [0.4, 0.5) is 17.1 Å². The number of benzene rings is 3. The minimum Gasteiger partial charge on any atom is -0.311 e. The average Bonchev–Trinajstić information content (AvgIpc) is 3.22. The van der Waals surface area contributed by atoms with Crippen LogP contribution >= 0.6 is 27.3 Å². The Morgan fingerprint density at radius 2 is 1.20 bits per heavy atom. The minimum absolute atomic E-state index is 0.132. The maximum Gasteiger partial charge on any atom is 0.180 e. The van der Waals surface area contributed by atoms with Gasteiger partial charge >= 0.3 is 0 Å². The molecule has 0 atom stereocenters. The molecule has 3 nitrogen and oxygen atoms in total. The second-order valence-electron chi connectivity index (χ2n) is 6.68. The standard InChI is InChI=1S/C25H18BrNO2S/c26-25-16-15-24(30-25)23(29)17-22(28)18-11-13-21(14-12-18)27(19-7-3-1-4-8-19)20-9-5-2-6-10-20/h1-16H,17H2. The van der Waals surface area contributed by atoms with Crippen LogP contribution in [-0.2, 0) is 0 Å². The first kappa shape index (κ1) is 20.3. The van der Waals surface area contributed by atoms with Crippen molar-refractivity contribution < 1.29 is 9.59 Å². The summed E-state index contributed by atoms with van der Waals surface area (Å²) in [7, 11) is 0. The highest BCUT2D eigenvalue weighted by atomic mass is 79.9. The quantitative estimate of drug-likeness (QED) is 0.206. The SMILES string of the molecule is O=C(CC(=O)c1ccc(Br)s1)c1ccc(N(c2ccccc2)c2ccccc2)cc1. The lowest BCUT2D eigenvalue weighted by Gasteiger charge is -2.25. The van der Waals surface area contributed by atoms with Crippen LogP contribution < -0.4 is 4.90 Å². The second-order valence-corrected chi connectivity index (χ2v) is 9.14. The second kappa shape index (κ2) is 9.20. The van der Waals surface area contributed by atoms with Crippen LogP contribution in [0.25, 0.3) is 0 Å². The summed E-state index contributed by atoms with van der Waals surface area (Å²) in [5.41, 5.74) is 3.53. The number of carbonyl (C=O) groups excluding carboxylic acids is 2. The maximum absolute atomic E-state index is 12.6. The van der Waals surface area contributed by atoms with Crippen LogP contribution in [0.15, 0.2) is 101 Å². The molecule has 0 unspecified atom stereocenters. The Balaban J connectivity index is 1.58. The molecule has 0 aliphatic heterocycles. The van der Waals surface area contributed by atoms with Gasteiger partial charge in [-0.1, -0.05) is 36.4 Å². The van der Waals surface area contributed by atoms with Crippen molar-refractivity contribution >= 4 is 55.9 Å². The van der Waals surface area contributed by atoms with Crippen molar-refractivity contribution in [3.05, 3.63) is 111 Å². The number of carbonyl (C=O) groups is 2. The number of anilines is 3. The molecule has 0 fully saturated rings. The Morgan fingerprint density at radius 3 is 1.70 bits per heavy atom. The van der Waals surface area contributed by atoms with Crippen LogP contribution in [0.1, 0.15) is 26.5 Å². The predicted octanol–water partition coefficient (Wildman–Crippen LogP) is 7.44. The first-order chi connectivity index (χ1) is 14.6. The van der Waals surface area contributed by atoms with Crippen molar-refractivity contribution in [2.24, 2.45) is 0 Å². The number of hydrogen-bond acceptors (Lipinski definition) is 4. The fourth-order valence-electron chi connectivity index (χ4n) is 3.20. The Labute approximate surface area is 187 Å². The summed E-state index contributed by atoms with van der Waals surface area (Å²) in [5, 5.41) is 0. The molecule has 3 aromatic carbocycles. The minimum atomic E-state index is -0.179. The molecule has 1 heterocycles. The molecule has 0 bridgehead atoms. The van der Waals surface area contributed by atoms with E-state index in [1.807, 2.05) is 78.9 Å². The number of thiophene rings is 1.